The van der Waals surface area contributed by atoms with Crippen LogP contribution >= 0.6 is 11.6 Å². The van der Waals surface area contributed by atoms with Gasteiger partial charge in [-0.05, 0) is 47.9 Å². The average molecular weight is 440 g/mol. The van der Waals surface area contributed by atoms with E-state index in [-0.39, 0.29) is 30.0 Å². The number of aliphatic hydroxyl groups is 1. The smallest absolute Gasteiger partial charge is 0.254 e. The molecule has 0 unspecified atom stereocenters. The number of carbonyl (C=O) groups is 1. The summed E-state index contributed by atoms with van der Waals surface area (Å²) in [6.07, 6.45) is 1.13. The van der Waals surface area contributed by atoms with Gasteiger partial charge in [0.15, 0.2) is 5.65 Å². The van der Waals surface area contributed by atoms with Crippen LogP contribution in [0.4, 0.5) is 10.3 Å². The predicted octanol–water partition coefficient (Wildman–Crippen LogP) is 3.62. The lowest BCUT2D eigenvalue weighted by Crippen LogP contribution is -2.26. The number of hydrogen-bond acceptors (Lipinski definition) is 5. The number of pyridine rings is 1. The summed E-state index contributed by atoms with van der Waals surface area (Å²) in [6.45, 7) is 0.178. The van der Waals surface area contributed by atoms with Crippen molar-refractivity contribution in [3.05, 3.63) is 82.8 Å². The fraction of sp³-hybridized carbons (Fsp3) is 0.136. The molecule has 0 aliphatic heterocycles. The molecule has 2 aromatic carbocycles. The molecule has 7 nitrogen and oxygen atoms in total. The average Bonchev–Trinajstić information content (AvgIpc) is 3.13. The number of anilines is 1. The maximum absolute atomic E-state index is 15.1. The van der Waals surface area contributed by atoms with Gasteiger partial charge in [-0.1, -0.05) is 35.9 Å². The van der Waals surface area contributed by atoms with E-state index in [4.69, 9.17) is 17.3 Å². The third-order valence-corrected chi connectivity index (χ3v) is 5.12. The van der Waals surface area contributed by atoms with E-state index in [2.05, 4.69) is 15.4 Å². The topological polar surface area (TPSA) is 106 Å². The molecule has 31 heavy (non-hydrogen) atoms. The minimum absolute atomic E-state index is 0.0839. The van der Waals surface area contributed by atoms with Crippen molar-refractivity contribution in [3.8, 4) is 11.1 Å². The quantitative estimate of drug-likeness (QED) is 0.425. The summed E-state index contributed by atoms with van der Waals surface area (Å²) in [4.78, 5) is 16.6. The highest BCUT2D eigenvalue weighted by atomic mass is 35.5. The first-order valence-electron chi connectivity index (χ1n) is 9.55. The van der Waals surface area contributed by atoms with Crippen LogP contribution in [0.15, 0.2) is 60.8 Å². The molecule has 0 radical (unpaired) electrons. The highest BCUT2D eigenvalue weighted by Crippen LogP contribution is 2.26. The highest BCUT2D eigenvalue weighted by Gasteiger charge is 2.17. The number of fused-ring (bicyclic) bond motifs is 1. The fourth-order valence-electron chi connectivity index (χ4n) is 3.27. The number of aliphatic hydroxyl groups excluding tert-OH is 1. The number of nitrogens with zero attached hydrogens (tertiary/aromatic N) is 3. The van der Waals surface area contributed by atoms with Gasteiger partial charge < -0.3 is 16.2 Å². The number of halogens is 2. The lowest BCUT2D eigenvalue weighted by atomic mass is 10.0. The Morgan fingerprint density at radius 3 is 2.77 bits per heavy atom. The van der Waals surface area contributed by atoms with Crippen LogP contribution in [0.25, 0.3) is 16.8 Å². The maximum atomic E-state index is 15.1. The van der Waals surface area contributed by atoms with Crippen molar-refractivity contribution in [2.24, 2.45) is 0 Å². The summed E-state index contributed by atoms with van der Waals surface area (Å²) in [5.74, 6) is -1.09. The van der Waals surface area contributed by atoms with Crippen LogP contribution in [0, 0.1) is 5.82 Å². The van der Waals surface area contributed by atoms with Gasteiger partial charge in [0.1, 0.15) is 5.82 Å². The molecule has 4 N–H and O–H groups in total. The number of nitrogens with one attached hydrogen (secondary N) is 1. The largest absolute Gasteiger partial charge is 0.388 e. The van der Waals surface area contributed by atoms with Crippen LogP contribution in [0.3, 0.4) is 0 Å². The van der Waals surface area contributed by atoms with Crippen molar-refractivity contribution in [1.29, 1.82) is 0 Å². The molecule has 2 aromatic heterocycles. The third kappa shape index (κ3) is 4.50. The Morgan fingerprint density at radius 2 is 2.00 bits per heavy atom. The zero-order valence-electron chi connectivity index (χ0n) is 16.3. The van der Waals surface area contributed by atoms with Crippen molar-refractivity contribution in [2.75, 3.05) is 12.3 Å². The predicted molar refractivity (Wildman–Crippen MR) is 116 cm³/mol. The number of aromatic nitrogens is 3. The number of benzene rings is 2. The molecule has 0 aliphatic rings. The van der Waals surface area contributed by atoms with Crippen molar-refractivity contribution in [1.82, 2.24) is 19.9 Å². The normalized spacial score (nSPS) is 12.1. The summed E-state index contributed by atoms with van der Waals surface area (Å²) in [6, 6.07) is 14.7. The van der Waals surface area contributed by atoms with Gasteiger partial charge in [-0.3, -0.25) is 4.79 Å². The Labute approximate surface area is 182 Å². The van der Waals surface area contributed by atoms with Crippen molar-refractivity contribution in [3.63, 3.8) is 0 Å². The van der Waals surface area contributed by atoms with Gasteiger partial charge in [0.2, 0.25) is 5.95 Å². The van der Waals surface area contributed by atoms with Gasteiger partial charge in [0.25, 0.3) is 5.91 Å². The number of carbonyl (C=O) groups excluding carboxylic acids is 1. The fourth-order valence-corrected chi connectivity index (χ4v) is 3.39. The second-order valence-electron chi connectivity index (χ2n) is 6.97. The zero-order valence-corrected chi connectivity index (χ0v) is 17.1. The Kier molecular flexibility index (Phi) is 5.83. The molecule has 4 rings (SSSR count). The molecule has 0 saturated carbocycles. The van der Waals surface area contributed by atoms with Crippen LogP contribution in [0.1, 0.15) is 28.4 Å². The van der Waals surface area contributed by atoms with Gasteiger partial charge in [-0.2, -0.15) is 4.98 Å². The van der Waals surface area contributed by atoms with E-state index in [1.54, 1.807) is 54.7 Å². The van der Waals surface area contributed by atoms with Gasteiger partial charge in [0, 0.05) is 23.3 Å². The number of amides is 1. The monoisotopic (exact) mass is 439 g/mol. The first-order valence-corrected chi connectivity index (χ1v) is 9.92. The van der Waals surface area contributed by atoms with Gasteiger partial charge in [0.05, 0.1) is 11.7 Å². The van der Waals surface area contributed by atoms with E-state index >= 15 is 4.39 Å². The Hall–Kier alpha value is -3.49. The van der Waals surface area contributed by atoms with Crippen LogP contribution in [-0.2, 0) is 0 Å². The summed E-state index contributed by atoms with van der Waals surface area (Å²) < 4.78 is 16.6. The van der Waals surface area contributed by atoms with Crippen LogP contribution in [0.5, 0.6) is 0 Å². The number of nitrogen functional groups attached to an aromatic ring is 1. The molecule has 9 heteroatoms. The second-order valence-corrected chi connectivity index (χ2v) is 7.40. The molecule has 0 spiro atoms. The zero-order chi connectivity index (χ0) is 22.0. The number of hydrogen-bond donors (Lipinski definition) is 3. The summed E-state index contributed by atoms with van der Waals surface area (Å²) in [5.41, 5.74) is 7.48. The lowest BCUT2D eigenvalue weighted by molar-refractivity contribution is 0.0938. The number of nitrogens with two attached hydrogens (primary N) is 1. The van der Waals surface area contributed by atoms with Crippen LogP contribution < -0.4 is 11.1 Å². The molecule has 1 atom stereocenters. The molecule has 2 heterocycles. The Bertz CT molecular complexity index is 1240. The second kappa shape index (κ2) is 8.71. The summed E-state index contributed by atoms with van der Waals surface area (Å²) in [5, 5.41) is 17.5. The molecule has 1 amide bonds. The standard InChI is InChI=1S/C22H19ClFN5O2/c23-15-6-4-13(5-7-15)18(30)8-10-26-21(31)17-3-1-2-16(20(17)24)14-9-11-29-19(12-14)27-22(25)28-29/h1-7,9,11-12,18,30H,8,10H2,(H2,25,28)(H,26,31)/t18-/m1/s1. The molecule has 158 valence electrons. The lowest BCUT2D eigenvalue weighted by Gasteiger charge is -2.13. The van der Waals surface area contributed by atoms with Crippen molar-refractivity contribution in [2.45, 2.75) is 12.5 Å². The van der Waals surface area contributed by atoms with E-state index in [1.165, 1.54) is 10.6 Å². The molecular formula is C22H19ClFN5O2. The molecule has 0 aliphatic carbocycles. The van der Waals surface area contributed by atoms with Gasteiger partial charge in [-0.25, -0.2) is 8.91 Å². The SMILES string of the molecule is Nc1nc2cc(-c3cccc(C(=O)NCC[C@@H](O)c4ccc(Cl)cc4)c3F)ccn2n1. The van der Waals surface area contributed by atoms with Gasteiger partial charge >= 0.3 is 0 Å². The molecule has 0 fully saturated rings. The van der Waals surface area contributed by atoms with Gasteiger partial charge in [-0.15, -0.1) is 5.10 Å². The first-order chi connectivity index (χ1) is 14.9. The minimum atomic E-state index is -0.768. The molecule has 4 aromatic rings. The van der Waals surface area contributed by atoms with E-state index < -0.39 is 17.8 Å². The van der Waals surface area contributed by atoms with Crippen LogP contribution in [0.2, 0.25) is 5.02 Å². The first kappa shape index (κ1) is 20.8. The highest BCUT2D eigenvalue weighted by molar-refractivity contribution is 6.30. The van der Waals surface area contributed by atoms with E-state index in [0.29, 0.717) is 21.8 Å². The van der Waals surface area contributed by atoms with E-state index in [1.807, 2.05) is 0 Å². The third-order valence-electron chi connectivity index (χ3n) is 4.87. The van der Waals surface area contributed by atoms with E-state index in [9.17, 15) is 9.90 Å². The Balaban J connectivity index is 1.46. The maximum Gasteiger partial charge on any atom is 0.254 e. The summed E-state index contributed by atoms with van der Waals surface area (Å²) >= 11 is 5.84. The molecular weight excluding hydrogens is 421 g/mol. The van der Waals surface area contributed by atoms with Crippen molar-refractivity contribution < 1.29 is 14.3 Å². The minimum Gasteiger partial charge on any atom is -0.388 e. The van der Waals surface area contributed by atoms with E-state index in [0.717, 1.165) is 0 Å². The van der Waals surface area contributed by atoms with Crippen LogP contribution in [-0.4, -0.2) is 32.2 Å². The number of rotatable bonds is 6. The molecule has 0 bridgehead atoms. The Morgan fingerprint density at radius 1 is 1.23 bits per heavy atom. The summed E-state index contributed by atoms with van der Waals surface area (Å²) in [7, 11) is 0. The molecule has 0 saturated heterocycles. The van der Waals surface area contributed by atoms with Crippen molar-refractivity contribution >= 4 is 29.1 Å².